The van der Waals surface area contributed by atoms with Crippen LogP contribution in [0.1, 0.15) is 29.2 Å². The van der Waals surface area contributed by atoms with E-state index < -0.39 is 17.8 Å². The molecule has 2 bridgehead atoms. The Labute approximate surface area is 190 Å². The van der Waals surface area contributed by atoms with Crippen molar-refractivity contribution in [3.8, 4) is 5.75 Å². The molecule has 3 fully saturated rings. The zero-order valence-electron chi connectivity index (χ0n) is 16.8. The Balaban J connectivity index is 1.41. The van der Waals surface area contributed by atoms with E-state index in [1.807, 2.05) is 12.1 Å². The third-order valence-electron chi connectivity index (χ3n) is 7.62. The number of likely N-dealkylation sites (tertiary alicyclic amines) is 1. The van der Waals surface area contributed by atoms with Gasteiger partial charge in [-0.05, 0) is 41.9 Å². The highest BCUT2D eigenvalue weighted by atomic mass is 32.2. The van der Waals surface area contributed by atoms with E-state index >= 15 is 0 Å². The van der Waals surface area contributed by atoms with Crippen molar-refractivity contribution in [2.45, 2.75) is 29.0 Å². The Bertz CT molecular complexity index is 1200. The van der Waals surface area contributed by atoms with Gasteiger partial charge in [0.05, 0.1) is 23.3 Å². The number of H-pyrrole nitrogens is 1. The first kappa shape index (κ1) is 20.0. The molecule has 0 unspecified atom stereocenters. The minimum absolute atomic E-state index is 0.00191. The number of carboxylic acid groups (broad SMARTS) is 1. The number of carboxylic acids is 1. The molecular formula is C22H20N2O6S2. The van der Waals surface area contributed by atoms with Crippen molar-refractivity contribution in [3.63, 3.8) is 0 Å². The minimum Gasteiger partial charge on any atom is -0.508 e. The molecule has 6 rings (SSSR count). The lowest BCUT2D eigenvalue weighted by Gasteiger charge is -2.43. The van der Waals surface area contributed by atoms with Crippen LogP contribution in [-0.4, -0.2) is 49.7 Å². The van der Waals surface area contributed by atoms with Crippen molar-refractivity contribution in [1.29, 1.82) is 0 Å². The van der Waals surface area contributed by atoms with Gasteiger partial charge in [0.25, 0.3) is 0 Å². The van der Waals surface area contributed by atoms with E-state index in [4.69, 9.17) is 5.11 Å². The van der Waals surface area contributed by atoms with Crippen molar-refractivity contribution < 1.29 is 24.6 Å². The van der Waals surface area contributed by atoms with Crippen molar-refractivity contribution in [2.75, 3.05) is 6.54 Å². The number of rotatable bonds is 4. The number of imide groups is 1. The molecule has 2 saturated carbocycles. The number of aromatic hydroxyl groups is 1. The summed E-state index contributed by atoms with van der Waals surface area (Å²) in [7, 11) is 0. The topological polar surface area (TPSA) is 128 Å². The zero-order chi connectivity index (χ0) is 22.3. The van der Waals surface area contributed by atoms with Crippen LogP contribution in [0, 0.1) is 29.6 Å². The van der Waals surface area contributed by atoms with E-state index in [0.717, 1.165) is 26.8 Å². The van der Waals surface area contributed by atoms with Gasteiger partial charge in [-0.2, -0.15) is 0 Å². The van der Waals surface area contributed by atoms with Crippen LogP contribution >= 0.6 is 23.1 Å². The van der Waals surface area contributed by atoms with Crippen molar-refractivity contribution in [3.05, 3.63) is 44.4 Å². The Morgan fingerprint density at radius 1 is 1.09 bits per heavy atom. The number of carbonyl (C=O) groups is 3. The number of phenolic OH excluding ortho intramolecular Hbond substituents is 1. The molecule has 8 nitrogen and oxygen atoms in total. The van der Waals surface area contributed by atoms with E-state index in [2.05, 4.69) is 4.98 Å². The molecule has 7 atom stereocenters. The molecule has 2 aromatic rings. The van der Waals surface area contributed by atoms with Crippen LogP contribution < -0.4 is 4.87 Å². The summed E-state index contributed by atoms with van der Waals surface area (Å²) in [4.78, 5) is 54.5. The molecule has 2 aliphatic carbocycles. The standard InChI is InChI=1S/C22H20N2O6S2/c25-9-3-1-8(2-4-9)13-14-10-7-11(17(14)31-19-18(13)32-22(30)23-19)16-15(10)20(28)24(21(16)29)6-5-12(26)27/h1-4,10-11,13-17,25H,5-7H2,(H,23,30)(H,26,27)/t10-,11-,13+,14+,15-,16+,17-/m1/s1. The molecule has 3 N–H and O–H groups in total. The summed E-state index contributed by atoms with van der Waals surface area (Å²) in [6.45, 7) is -0.0794. The second kappa shape index (κ2) is 6.95. The third-order valence-corrected chi connectivity index (χ3v) is 10.2. The van der Waals surface area contributed by atoms with Crippen LogP contribution in [0.15, 0.2) is 34.1 Å². The number of benzene rings is 1. The van der Waals surface area contributed by atoms with Crippen molar-refractivity contribution in [2.24, 2.45) is 29.6 Å². The molecule has 4 aliphatic rings. The molecular weight excluding hydrogens is 452 g/mol. The molecule has 3 heterocycles. The Morgan fingerprint density at radius 2 is 1.78 bits per heavy atom. The highest BCUT2D eigenvalue weighted by Gasteiger charge is 2.69. The predicted octanol–water partition coefficient (Wildman–Crippen LogP) is 2.09. The normalized spacial score (nSPS) is 34.5. The molecule has 0 spiro atoms. The van der Waals surface area contributed by atoms with Gasteiger partial charge in [0.1, 0.15) is 5.75 Å². The van der Waals surface area contributed by atoms with Gasteiger partial charge in [-0.15, -0.1) is 11.8 Å². The summed E-state index contributed by atoms with van der Waals surface area (Å²) < 4.78 is 0. The second-order valence-corrected chi connectivity index (χ2v) is 11.2. The van der Waals surface area contributed by atoms with Gasteiger partial charge < -0.3 is 15.2 Å². The Morgan fingerprint density at radius 3 is 2.47 bits per heavy atom. The maximum absolute atomic E-state index is 13.2. The summed E-state index contributed by atoms with van der Waals surface area (Å²) in [5.41, 5.74) is 0.984. The molecule has 10 heteroatoms. The van der Waals surface area contributed by atoms with Gasteiger partial charge in [0.15, 0.2) is 0 Å². The first-order chi connectivity index (χ1) is 15.3. The minimum atomic E-state index is -1.03. The average molecular weight is 473 g/mol. The third kappa shape index (κ3) is 2.68. The molecule has 2 aliphatic heterocycles. The molecule has 166 valence electrons. The first-order valence-corrected chi connectivity index (χ1v) is 12.3. The van der Waals surface area contributed by atoms with Crippen LogP contribution in [-0.2, 0) is 14.4 Å². The van der Waals surface area contributed by atoms with Crippen LogP contribution in [0.25, 0.3) is 0 Å². The number of nitrogens with one attached hydrogen (secondary N) is 1. The monoisotopic (exact) mass is 472 g/mol. The summed E-state index contributed by atoms with van der Waals surface area (Å²) >= 11 is 2.80. The smallest absolute Gasteiger partial charge is 0.305 e. The fraction of sp³-hybridized carbons (Fsp3) is 0.455. The van der Waals surface area contributed by atoms with E-state index in [-0.39, 0.29) is 64.3 Å². The lowest BCUT2D eigenvalue weighted by atomic mass is 9.68. The number of thiazole rings is 1. The number of aromatic amines is 1. The zero-order valence-corrected chi connectivity index (χ0v) is 18.4. The number of amides is 2. The SMILES string of the molecule is O=C(O)CCN1C(=O)[C@@H]2[C@@H]3C[C@@H]([C@H]4Sc5[nH]c(=O)sc5[C@@H](c5ccc(O)cc5)[C@H]34)[C@@H]2C1=O. The Kier molecular flexibility index (Phi) is 4.36. The molecule has 1 saturated heterocycles. The van der Waals surface area contributed by atoms with Gasteiger partial charge in [-0.3, -0.25) is 24.1 Å². The number of phenols is 1. The molecule has 2 amide bonds. The maximum Gasteiger partial charge on any atom is 0.305 e. The summed E-state index contributed by atoms with van der Waals surface area (Å²) in [6, 6.07) is 7.00. The number of fused-ring (bicyclic) bond motifs is 9. The van der Waals surface area contributed by atoms with Gasteiger partial charge in [-0.1, -0.05) is 23.5 Å². The first-order valence-electron chi connectivity index (χ1n) is 10.6. The number of carbonyl (C=O) groups excluding carboxylic acids is 2. The summed E-state index contributed by atoms with van der Waals surface area (Å²) in [5, 5.41) is 19.7. The van der Waals surface area contributed by atoms with Gasteiger partial charge >= 0.3 is 10.8 Å². The summed E-state index contributed by atoms with van der Waals surface area (Å²) in [5.74, 6) is -2.15. The highest BCUT2D eigenvalue weighted by molar-refractivity contribution is 8.00. The molecule has 0 radical (unpaired) electrons. The van der Waals surface area contributed by atoms with Gasteiger partial charge in [-0.25, -0.2) is 0 Å². The number of hydrogen-bond donors (Lipinski definition) is 3. The largest absolute Gasteiger partial charge is 0.508 e. The lowest BCUT2D eigenvalue weighted by Crippen LogP contribution is -2.42. The Hall–Kier alpha value is -2.59. The fourth-order valence-electron chi connectivity index (χ4n) is 6.56. The molecule has 1 aromatic carbocycles. The average Bonchev–Trinajstić information content (AvgIpc) is 3.47. The summed E-state index contributed by atoms with van der Waals surface area (Å²) in [6.07, 6.45) is 0.540. The van der Waals surface area contributed by atoms with E-state index in [9.17, 15) is 24.3 Å². The number of aliphatic carboxylic acids is 1. The second-order valence-electron chi connectivity index (χ2n) is 9.02. The number of hydrogen-bond acceptors (Lipinski definition) is 7. The molecule has 32 heavy (non-hydrogen) atoms. The molecule has 1 aromatic heterocycles. The van der Waals surface area contributed by atoms with Crippen LogP contribution in [0.4, 0.5) is 0 Å². The van der Waals surface area contributed by atoms with E-state index in [0.29, 0.717) is 0 Å². The lowest BCUT2D eigenvalue weighted by molar-refractivity contribution is -0.142. The maximum atomic E-state index is 13.2. The van der Waals surface area contributed by atoms with Gasteiger partial charge in [0, 0.05) is 22.6 Å². The van der Waals surface area contributed by atoms with Crippen LogP contribution in [0.3, 0.4) is 0 Å². The van der Waals surface area contributed by atoms with E-state index in [1.165, 1.54) is 11.3 Å². The number of aromatic nitrogens is 1. The highest BCUT2D eigenvalue weighted by Crippen LogP contribution is 2.68. The fourth-order valence-corrected chi connectivity index (χ4v) is 9.45. The van der Waals surface area contributed by atoms with Gasteiger partial charge in [0.2, 0.25) is 11.8 Å². The number of nitrogens with zero attached hydrogens (tertiary/aromatic N) is 1. The van der Waals surface area contributed by atoms with E-state index in [1.54, 1.807) is 23.9 Å². The number of thioether (sulfide) groups is 1. The van der Waals surface area contributed by atoms with Crippen LogP contribution in [0.2, 0.25) is 0 Å². The predicted molar refractivity (Wildman–Crippen MR) is 116 cm³/mol. The van der Waals surface area contributed by atoms with Crippen molar-refractivity contribution >= 4 is 40.9 Å². The quantitative estimate of drug-likeness (QED) is 0.582. The van der Waals surface area contributed by atoms with Crippen molar-refractivity contribution in [1.82, 2.24) is 9.88 Å². The van der Waals surface area contributed by atoms with Crippen LogP contribution in [0.5, 0.6) is 5.75 Å².